The molecule has 0 heterocycles. The summed E-state index contributed by atoms with van der Waals surface area (Å²) in [7, 11) is 1.57. The maximum atomic E-state index is 11.5. The number of amides is 2. The van der Waals surface area contributed by atoms with Crippen molar-refractivity contribution in [3.05, 3.63) is 47.5 Å². The smallest absolute Gasteiger partial charge is 0.274 e. The molecule has 0 radical (unpaired) electrons. The van der Waals surface area contributed by atoms with Crippen molar-refractivity contribution >= 4 is 22.6 Å². The van der Waals surface area contributed by atoms with E-state index in [0.717, 1.165) is 10.8 Å². The van der Waals surface area contributed by atoms with Crippen LogP contribution in [0.3, 0.4) is 0 Å². The first kappa shape index (κ1) is 12.1. The van der Waals surface area contributed by atoms with Gasteiger partial charge in [-0.05, 0) is 35.0 Å². The highest BCUT2D eigenvalue weighted by atomic mass is 16.5. The normalized spacial score (nSPS) is 10.1. The lowest BCUT2D eigenvalue weighted by Gasteiger charge is -2.04. The average molecular weight is 244 g/mol. The fourth-order valence-corrected chi connectivity index (χ4v) is 1.74. The number of hydrogen-bond donors (Lipinski definition) is 3. The third-order valence-electron chi connectivity index (χ3n) is 2.69. The minimum absolute atomic E-state index is 0.158. The van der Waals surface area contributed by atoms with E-state index >= 15 is 0 Å². The van der Waals surface area contributed by atoms with Gasteiger partial charge in [-0.25, -0.2) is 5.48 Å². The highest BCUT2D eigenvalue weighted by Gasteiger charge is 2.07. The summed E-state index contributed by atoms with van der Waals surface area (Å²) in [5.74, 6) is -0.721. The van der Waals surface area contributed by atoms with Gasteiger partial charge >= 0.3 is 0 Å². The van der Waals surface area contributed by atoms with Gasteiger partial charge in [-0.3, -0.25) is 14.8 Å². The molecule has 5 nitrogen and oxygen atoms in total. The van der Waals surface area contributed by atoms with Crippen LogP contribution < -0.4 is 10.8 Å². The Hall–Kier alpha value is -2.40. The molecule has 0 atom stereocenters. The van der Waals surface area contributed by atoms with E-state index in [1.54, 1.807) is 48.9 Å². The maximum Gasteiger partial charge on any atom is 0.274 e. The van der Waals surface area contributed by atoms with E-state index in [4.69, 9.17) is 5.21 Å². The number of hydrogen-bond acceptors (Lipinski definition) is 3. The lowest BCUT2D eigenvalue weighted by molar-refractivity contribution is 0.0706. The molecular formula is C13H12N2O3. The predicted molar refractivity (Wildman–Crippen MR) is 66.6 cm³/mol. The second kappa shape index (κ2) is 4.85. The van der Waals surface area contributed by atoms with Crippen molar-refractivity contribution in [1.82, 2.24) is 10.8 Å². The maximum absolute atomic E-state index is 11.5. The predicted octanol–water partition coefficient (Wildman–Crippen LogP) is 1.32. The molecular weight excluding hydrogens is 232 g/mol. The zero-order valence-electron chi connectivity index (χ0n) is 9.73. The standard InChI is InChI=1S/C13H12N2O3/c1-14-12(16)10-4-2-9-7-11(13(17)15-18)5-3-8(9)6-10/h2-7,18H,1H3,(H,14,16)(H,15,17). The Kier molecular flexibility index (Phi) is 3.25. The topological polar surface area (TPSA) is 78.4 Å². The molecule has 0 bridgehead atoms. The van der Waals surface area contributed by atoms with Crippen molar-refractivity contribution < 1.29 is 14.8 Å². The van der Waals surface area contributed by atoms with Crippen LogP contribution in [-0.2, 0) is 0 Å². The first-order valence-corrected chi connectivity index (χ1v) is 5.36. The minimum atomic E-state index is -0.563. The zero-order valence-corrected chi connectivity index (χ0v) is 9.73. The van der Waals surface area contributed by atoms with Gasteiger partial charge in [0.2, 0.25) is 0 Å². The molecule has 0 aliphatic rings. The van der Waals surface area contributed by atoms with Gasteiger partial charge in [-0.2, -0.15) is 0 Å². The van der Waals surface area contributed by atoms with Crippen molar-refractivity contribution in [3.8, 4) is 0 Å². The molecule has 0 aliphatic heterocycles. The van der Waals surface area contributed by atoms with Crippen LogP contribution in [0.15, 0.2) is 36.4 Å². The lowest BCUT2D eigenvalue weighted by Crippen LogP contribution is -2.18. The molecule has 0 saturated heterocycles. The van der Waals surface area contributed by atoms with Gasteiger partial charge in [0.05, 0.1) is 0 Å². The first-order valence-electron chi connectivity index (χ1n) is 5.36. The van der Waals surface area contributed by atoms with Crippen molar-refractivity contribution in [2.75, 3.05) is 7.05 Å². The van der Waals surface area contributed by atoms with Crippen LogP contribution in [0.2, 0.25) is 0 Å². The number of fused-ring (bicyclic) bond motifs is 1. The van der Waals surface area contributed by atoms with Gasteiger partial charge < -0.3 is 5.32 Å². The molecule has 0 aliphatic carbocycles. The Morgan fingerprint density at radius 2 is 1.44 bits per heavy atom. The summed E-state index contributed by atoms with van der Waals surface area (Å²) >= 11 is 0. The molecule has 18 heavy (non-hydrogen) atoms. The highest BCUT2D eigenvalue weighted by Crippen LogP contribution is 2.18. The van der Waals surface area contributed by atoms with Gasteiger partial charge in [0.15, 0.2) is 0 Å². The molecule has 0 aromatic heterocycles. The molecule has 2 aromatic rings. The van der Waals surface area contributed by atoms with Gasteiger partial charge in [0, 0.05) is 18.2 Å². The third-order valence-corrected chi connectivity index (χ3v) is 2.69. The molecule has 3 N–H and O–H groups in total. The Morgan fingerprint density at radius 3 is 1.89 bits per heavy atom. The summed E-state index contributed by atoms with van der Waals surface area (Å²) in [5, 5.41) is 12.8. The van der Waals surface area contributed by atoms with Crippen LogP contribution >= 0.6 is 0 Å². The van der Waals surface area contributed by atoms with Crippen LogP contribution in [0.25, 0.3) is 10.8 Å². The molecule has 92 valence electrons. The summed E-state index contributed by atoms with van der Waals surface area (Å²) in [6.45, 7) is 0. The lowest BCUT2D eigenvalue weighted by atomic mass is 10.0. The molecule has 2 amide bonds. The van der Waals surface area contributed by atoms with Crippen LogP contribution in [0.5, 0.6) is 0 Å². The van der Waals surface area contributed by atoms with Crippen LogP contribution in [-0.4, -0.2) is 24.1 Å². The van der Waals surface area contributed by atoms with Crippen molar-refractivity contribution in [2.24, 2.45) is 0 Å². The first-order chi connectivity index (χ1) is 8.65. The van der Waals surface area contributed by atoms with Crippen molar-refractivity contribution in [1.29, 1.82) is 0 Å². The molecule has 5 heteroatoms. The molecule has 0 spiro atoms. The van der Waals surface area contributed by atoms with E-state index in [2.05, 4.69) is 5.32 Å². The largest absolute Gasteiger partial charge is 0.355 e. The Morgan fingerprint density at radius 1 is 0.944 bits per heavy atom. The molecule has 2 rings (SSSR count). The van der Waals surface area contributed by atoms with Crippen LogP contribution in [0.4, 0.5) is 0 Å². The molecule has 0 fully saturated rings. The summed E-state index contributed by atoms with van der Waals surface area (Å²) < 4.78 is 0. The highest BCUT2D eigenvalue weighted by molar-refractivity contribution is 6.01. The fourth-order valence-electron chi connectivity index (χ4n) is 1.74. The Bertz CT molecular complexity index is 567. The number of carbonyl (C=O) groups excluding carboxylic acids is 2. The van der Waals surface area contributed by atoms with Crippen molar-refractivity contribution in [3.63, 3.8) is 0 Å². The SMILES string of the molecule is CNC(=O)c1ccc2cc(C(=O)NO)ccc2c1. The van der Waals surface area contributed by atoms with E-state index in [9.17, 15) is 9.59 Å². The third kappa shape index (κ3) is 2.16. The summed E-state index contributed by atoms with van der Waals surface area (Å²) in [6.07, 6.45) is 0. The second-order valence-electron chi connectivity index (χ2n) is 3.80. The molecule has 0 saturated carbocycles. The van der Waals surface area contributed by atoms with E-state index in [1.165, 1.54) is 0 Å². The average Bonchev–Trinajstić information content (AvgIpc) is 2.44. The van der Waals surface area contributed by atoms with E-state index in [0.29, 0.717) is 11.1 Å². The van der Waals surface area contributed by atoms with Crippen LogP contribution in [0, 0.1) is 0 Å². The monoisotopic (exact) mass is 244 g/mol. The van der Waals surface area contributed by atoms with E-state index < -0.39 is 5.91 Å². The number of rotatable bonds is 2. The number of hydroxylamine groups is 1. The van der Waals surface area contributed by atoms with Gasteiger partial charge in [-0.1, -0.05) is 12.1 Å². The second-order valence-corrected chi connectivity index (χ2v) is 3.80. The number of benzene rings is 2. The van der Waals surface area contributed by atoms with Gasteiger partial charge in [0.25, 0.3) is 11.8 Å². The number of nitrogens with one attached hydrogen (secondary N) is 2. The molecule has 0 unspecified atom stereocenters. The fraction of sp³-hybridized carbons (Fsp3) is 0.0769. The van der Waals surface area contributed by atoms with E-state index in [1.807, 2.05) is 0 Å². The van der Waals surface area contributed by atoms with Gasteiger partial charge in [-0.15, -0.1) is 0 Å². The Balaban J connectivity index is 2.48. The molecule has 2 aromatic carbocycles. The van der Waals surface area contributed by atoms with Crippen molar-refractivity contribution in [2.45, 2.75) is 0 Å². The van der Waals surface area contributed by atoms with Crippen LogP contribution in [0.1, 0.15) is 20.7 Å². The summed E-state index contributed by atoms with van der Waals surface area (Å²) in [4.78, 5) is 22.7. The minimum Gasteiger partial charge on any atom is -0.355 e. The summed E-state index contributed by atoms with van der Waals surface area (Å²) in [5.41, 5.74) is 2.50. The zero-order chi connectivity index (χ0) is 13.1. The quantitative estimate of drug-likeness (QED) is 0.550. The summed E-state index contributed by atoms with van der Waals surface area (Å²) in [6, 6.07) is 10.1. The Labute approximate surface area is 103 Å². The van der Waals surface area contributed by atoms with E-state index in [-0.39, 0.29) is 5.91 Å². The number of carbonyl (C=O) groups is 2. The van der Waals surface area contributed by atoms with Gasteiger partial charge in [0.1, 0.15) is 0 Å².